The van der Waals surface area contributed by atoms with Gasteiger partial charge in [-0.2, -0.15) is 22.0 Å². The van der Waals surface area contributed by atoms with Crippen molar-refractivity contribution in [3.63, 3.8) is 0 Å². The summed E-state index contributed by atoms with van der Waals surface area (Å²) in [5.41, 5.74) is -1.36. The molecule has 0 saturated heterocycles. The number of carbonyl (C=O) groups is 1. The van der Waals surface area contributed by atoms with Crippen molar-refractivity contribution in [3.05, 3.63) is 81.0 Å². The Labute approximate surface area is 245 Å². The second-order valence-electron chi connectivity index (χ2n) is 9.86. The zero-order valence-corrected chi connectivity index (χ0v) is 23.3. The fourth-order valence-corrected chi connectivity index (χ4v) is 5.25. The monoisotopic (exact) mass is 628 g/mol. The molecule has 0 fully saturated rings. The molecule has 0 aliphatic carbocycles. The highest BCUT2D eigenvalue weighted by molar-refractivity contribution is 6.31. The number of aryl methyl sites for hydroxylation is 1. The van der Waals surface area contributed by atoms with Crippen LogP contribution in [0.1, 0.15) is 51.5 Å². The Morgan fingerprint density at radius 1 is 1.21 bits per heavy atom. The summed E-state index contributed by atoms with van der Waals surface area (Å²) < 4.78 is 94.3. The molecule has 0 radical (unpaired) electrons. The van der Waals surface area contributed by atoms with Gasteiger partial charge in [0.05, 0.1) is 18.3 Å². The Morgan fingerprint density at radius 2 is 1.93 bits per heavy atom. The number of nitrogens with zero attached hydrogens (tertiary/aromatic N) is 4. The van der Waals surface area contributed by atoms with Gasteiger partial charge in [-0.15, -0.1) is 0 Å². The first-order chi connectivity index (χ1) is 20.3. The lowest BCUT2D eigenvalue weighted by Crippen LogP contribution is -2.35. The number of benzene rings is 2. The SMILES string of the molecule is C[C@H]1c2nc(OCc3ccccc3Cl)c(C(F)(F)F)cc2CCN1Cc1nc2c(OC(F)F)cc(C(=O)O)c(F)c2n1C. The fourth-order valence-electron chi connectivity index (χ4n) is 5.06. The Morgan fingerprint density at radius 3 is 2.58 bits per heavy atom. The number of alkyl halides is 5. The van der Waals surface area contributed by atoms with Gasteiger partial charge in [0.2, 0.25) is 5.88 Å². The molecule has 5 rings (SSSR count). The zero-order valence-electron chi connectivity index (χ0n) is 22.6. The van der Waals surface area contributed by atoms with Gasteiger partial charge in [-0.25, -0.2) is 19.2 Å². The lowest BCUT2D eigenvalue weighted by molar-refractivity contribution is -0.139. The van der Waals surface area contributed by atoms with Crippen molar-refractivity contribution in [1.82, 2.24) is 19.4 Å². The summed E-state index contributed by atoms with van der Waals surface area (Å²) in [4.78, 5) is 21.9. The number of fused-ring (bicyclic) bond motifs is 2. The number of aromatic carboxylic acids is 1. The van der Waals surface area contributed by atoms with Crippen LogP contribution in [0.25, 0.3) is 11.0 Å². The number of ether oxygens (including phenoxy) is 2. The topological polar surface area (TPSA) is 89.7 Å². The first-order valence-electron chi connectivity index (χ1n) is 12.8. The summed E-state index contributed by atoms with van der Waals surface area (Å²) in [6, 6.07) is 7.66. The normalized spacial score (nSPS) is 15.6. The van der Waals surface area contributed by atoms with Crippen LogP contribution < -0.4 is 9.47 Å². The predicted octanol–water partition coefficient (Wildman–Crippen LogP) is 6.78. The third kappa shape index (κ3) is 5.93. The van der Waals surface area contributed by atoms with Gasteiger partial charge in [0, 0.05) is 30.2 Å². The highest BCUT2D eigenvalue weighted by Gasteiger charge is 2.38. The summed E-state index contributed by atoms with van der Waals surface area (Å²) >= 11 is 6.13. The molecule has 43 heavy (non-hydrogen) atoms. The Kier molecular flexibility index (Phi) is 8.18. The molecule has 4 aromatic rings. The Hall–Kier alpha value is -4.04. The molecule has 8 nitrogen and oxygen atoms in total. The molecular weight excluding hydrogens is 606 g/mol. The smallest absolute Gasteiger partial charge is 0.421 e. The predicted molar refractivity (Wildman–Crippen MR) is 142 cm³/mol. The lowest BCUT2D eigenvalue weighted by Gasteiger charge is -2.34. The second kappa shape index (κ2) is 11.6. The minimum Gasteiger partial charge on any atom is -0.478 e. The zero-order chi connectivity index (χ0) is 31.2. The summed E-state index contributed by atoms with van der Waals surface area (Å²) in [6.45, 7) is -1.59. The van der Waals surface area contributed by atoms with Crippen LogP contribution in [0.3, 0.4) is 0 Å². The van der Waals surface area contributed by atoms with Crippen LogP contribution in [0.5, 0.6) is 11.6 Å². The van der Waals surface area contributed by atoms with Gasteiger partial charge in [-0.05, 0) is 31.0 Å². The van der Waals surface area contributed by atoms with Gasteiger partial charge in [0.1, 0.15) is 34.6 Å². The second-order valence-corrected chi connectivity index (χ2v) is 10.3. The van der Waals surface area contributed by atoms with Crippen LogP contribution in [0.15, 0.2) is 36.4 Å². The van der Waals surface area contributed by atoms with Gasteiger partial charge in [0.15, 0.2) is 11.6 Å². The van der Waals surface area contributed by atoms with Crippen molar-refractivity contribution in [3.8, 4) is 11.6 Å². The fraction of sp³-hybridized carbons (Fsp3) is 0.321. The maximum Gasteiger partial charge on any atom is 0.421 e. The largest absolute Gasteiger partial charge is 0.478 e. The van der Waals surface area contributed by atoms with Gasteiger partial charge >= 0.3 is 18.8 Å². The van der Waals surface area contributed by atoms with Crippen molar-refractivity contribution in [2.45, 2.75) is 45.3 Å². The van der Waals surface area contributed by atoms with Gasteiger partial charge in [-0.1, -0.05) is 29.8 Å². The van der Waals surface area contributed by atoms with Crippen LogP contribution in [0.2, 0.25) is 5.02 Å². The molecule has 1 N–H and O–H groups in total. The van der Waals surface area contributed by atoms with Gasteiger partial charge in [-0.3, -0.25) is 4.90 Å². The van der Waals surface area contributed by atoms with Crippen molar-refractivity contribution >= 4 is 28.6 Å². The average Bonchev–Trinajstić information content (AvgIpc) is 3.26. The van der Waals surface area contributed by atoms with E-state index in [1.165, 1.54) is 11.6 Å². The molecule has 228 valence electrons. The number of imidazole rings is 1. The number of carboxylic acid groups (broad SMARTS) is 1. The molecule has 3 heterocycles. The Balaban J connectivity index is 1.49. The van der Waals surface area contributed by atoms with Crippen molar-refractivity contribution in [2.75, 3.05) is 6.54 Å². The summed E-state index contributed by atoms with van der Waals surface area (Å²) in [5.74, 6) is -3.90. The summed E-state index contributed by atoms with van der Waals surface area (Å²) in [7, 11) is 1.39. The molecule has 1 aliphatic heterocycles. The van der Waals surface area contributed by atoms with Crippen molar-refractivity contribution < 1.29 is 45.7 Å². The third-order valence-electron chi connectivity index (χ3n) is 7.27. The van der Waals surface area contributed by atoms with E-state index in [0.29, 0.717) is 27.9 Å². The van der Waals surface area contributed by atoms with Crippen LogP contribution in [-0.2, 0) is 32.8 Å². The number of carboxylic acids is 1. The molecular formula is C28H23ClF6N4O4. The number of hydrogen-bond acceptors (Lipinski definition) is 6. The highest BCUT2D eigenvalue weighted by Crippen LogP contribution is 2.40. The lowest BCUT2D eigenvalue weighted by atomic mass is 9.97. The van der Waals surface area contributed by atoms with E-state index in [4.69, 9.17) is 16.3 Å². The average molecular weight is 629 g/mol. The minimum absolute atomic E-state index is 0.000264. The third-order valence-corrected chi connectivity index (χ3v) is 7.64. The van der Waals surface area contributed by atoms with Crippen LogP contribution in [-0.4, -0.2) is 43.7 Å². The molecule has 0 bridgehead atoms. The molecule has 1 aliphatic rings. The number of halogens is 7. The van der Waals surface area contributed by atoms with E-state index in [0.717, 1.165) is 6.07 Å². The quantitative estimate of drug-likeness (QED) is 0.215. The van der Waals surface area contributed by atoms with Crippen LogP contribution in [0, 0.1) is 5.82 Å². The molecule has 1 atom stereocenters. The standard InChI is InChI=1S/C28H23ClF6N4O4/c1-13-22-14(9-17(28(33,34)35)25(37-22)42-12-15-5-3-4-6-18(15)29)7-8-39(13)11-20-36-23-19(43-27(31)32)10-16(26(40)41)21(30)24(23)38(20)2/h3-6,9-10,13,27H,7-8,11-12H2,1-2H3,(H,40,41)/t13-/m0/s1. The van der Waals surface area contributed by atoms with Crippen molar-refractivity contribution in [2.24, 2.45) is 7.05 Å². The number of hydrogen-bond donors (Lipinski definition) is 1. The Bertz CT molecular complexity index is 1710. The van der Waals surface area contributed by atoms with E-state index in [1.54, 1.807) is 31.2 Å². The van der Waals surface area contributed by atoms with Gasteiger partial charge < -0.3 is 19.1 Å². The van der Waals surface area contributed by atoms with E-state index in [2.05, 4.69) is 14.7 Å². The van der Waals surface area contributed by atoms with Crippen molar-refractivity contribution in [1.29, 1.82) is 0 Å². The molecule has 0 amide bonds. The van der Waals surface area contributed by atoms with E-state index < -0.39 is 53.4 Å². The first-order valence-corrected chi connectivity index (χ1v) is 13.2. The van der Waals surface area contributed by atoms with Gasteiger partial charge in [0.25, 0.3) is 0 Å². The van der Waals surface area contributed by atoms with E-state index in [-0.39, 0.29) is 43.0 Å². The number of aromatic nitrogens is 3. The minimum atomic E-state index is -4.73. The maximum absolute atomic E-state index is 15.1. The molecule has 0 unspecified atom stereocenters. The molecule has 0 saturated carbocycles. The summed E-state index contributed by atoms with van der Waals surface area (Å²) in [6.07, 6.45) is -4.55. The highest BCUT2D eigenvalue weighted by atomic mass is 35.5. The summed E-state index contributed by atoms with van der Waals surface area (Å²) in [5, 5.41) is 9.69. The number of rotatable bonds is 8. The van der Waals surface area contributed by atoms with E-state index in [1.807, 2.05) is 4.90 Å². The number of pyridine rings is 1. The van der Waals surface area contributed by atoms with Crippen LogP contribution >= 0.6 is 11.6 Å². The molecule has 2 aromatic carbocycles. The molecule has 2 aromatic heterocycles. The molecule has 15 heteroatoms. The molecule has 0 spiro atoms. The first kappa shape index (κ1) is 30.4. The maximum atomic E-state index is 15.1. The van der Waals surface area contributed by atoms with E-state index >= 15 is 4.39 Å². The van der Waals surface area contributed by atoms with E-state index in [9.17, 15) is 31.9 Å². The van der Waals surface area contributed by atoms with Crippen LogP contribution in [0.4, 0.5) is 26.3 Å².